The Bertz CT molecular complexity index is 1180. The molecule has 0 spiro atoms. The summed E-state index contributed by atoms with van der Waals surface area (Å²) in [6, 6.07) is 17.4. The van der Waals surface area contributed by atoms with Gasteiger partial charge in [0.15, 0.2) is 5.69 Å². The first-order valence-corrected chi connectivity index (χ1v) is 10.8. The second kappa shape index (κ2) is 9.37. The molecule has 0 atom stereocenters. The number of hydrogen-bond donors (Lipinski definition) is 0. The maximum atomic E-state index is 13.3. The molecule has 3 aromatic rings. The van der Waals surface area contributed by atoms with Crippen molar-refractivity contribution in [3.63, 3.8) is 0 Å². The fourth-order valence-electron chi connectivity index (χ4n) is 2.70. The van der Waals surface area contributed by atoms with E-state index in [9.17, 15) is 13.2 Å². The van der Waals surface area contributed by atoms with E-state index in [1.807, 2.05) is 30.3 Å². The summed E-state index contributed by atoms with van der Waals surface area (Å²) in [6.45, 7) is 3.38. The van der Waals surface area contributed by atoms with Crippen molar-refractivity contribution >= 4 is 26.8 Å². The highest BCUT2D eigenvalue weighted by molar-refractivity contribution is 8.00. The highest BCUT2D eigenvalue weighted by atomic mass is 32.2. The number of nitrogens with zero attached hydrogens (tertiary/aromatic N) is 1. The molecule has 0 aliphatic heterocycles. The first kappa shape index (κ1) is 21.3. The third-order valence-electron chi connectivity index (χ3n) is 4.16. The van der Waals surface area contributed by atoms with Gasteiger partial charge in [-0.1, -0.05) is 60.7 Å². The first-order valence-electron chi connectivity index (χ1n) is 9.32. The van der Waals surface area contributed by atoms with Crippen LogP contribution in [0.4, 0.5) is 0 Å². The Hall–Kier alpha value is -3.45. The standard InChI is InChI=1S/C23H21NO5S/c1-3-28-23(25)21-17(2)29-22(24-21)20(16-10-13-18-11-6-4-7-12-18)30(26,27)19-14-8-5-9-15-19/h4-16H,3H2,1-2H3/b13-10+,20-16+. The third kappa shape index (κ3) is 4.75. The molecule has 3 rings (SSSR count). The fourth-order valence-corrected chi connectivity index (χ4v) is 4.05. The fraction of sp³-hybridized carbons (Fsp3) is 0.130. The summed E-state index contributed by atoms with van der Waals surface area (Å²) in [6.07, 6.45) is 4.78. The van der Waals surface area contributed by atoms with Crippen LogP contribution in [0, 0.1) is 6.92 Å². The number of oxazole rings is 1. The van der Waals surface area contributed by atoms with Gasteiger partial charge in [0.1, 0.15) is 10.7 Å². The normalized spacial score (nSPS) is 12.3. The van der Waals surface area contributed by atoms with Gasteiger partial charge in [0.25, 0.3) is 0 Å². The average Bonchev–Trinajstić information content (AvgIpc) is 3.14. The number of allylic oxidation sites excluding steroid dienone is 2. The van der Waals surface area contributed by atoms with Crippen molar-refractivity contribution in [2.45, 2.75) is 18.7 Å². The second-order valence-electron chi connectivity index (χ2n) is 6.26. The number of sulfone groups is 1. The van der Waals surface area contributed by atoms with Gasteiger partial charge in [-0.25, -0.2) is 18.2 Å². The minimum atomic E-state index is -3.95. The molecule has 6 nitrogen and oxygen atoms in total. The Morgan fingerprint density at radius 2 is 1.70 bits per heavy atom. The van der Waals surface area contributed by atoms with E-state index in [0.717, 1.165) is 5.56 Å². The number of carbonyl (C=O) groups excluding carboxylic acids is 1. The van der Waals surface area contributed by atoms with Crippen LogP contribution in [0.25, 0.3) is 11.0 Å². The van der Waals surface area contributed by atoms with Crippen LogP contribution in [0.15, 0.2) is 82.1 Å². The lowest BCUT2D eigenvalue weighted by Crippen LogP contribution is -2.08. The van der Waals surface area contributed by atoms with Gasteiger partial charge < -0.3 is 9.15 Å². The molecule has 1 heterocycles. The van der Waals surface area contributed by atoms with Gasteiger partial charge in [-0.2, -0.15) is 0 Å². The molecule has 0 fully saturated rings. The van der Waals surface area contributed by atoms with Crippen molar-refractivity contribution in [1.82, 2.24) is 4.98 Å². The predicted octanol–water partition coefficient (Wildman–Crippen LogP) is 4.69. The summed E-state index contributed by atoms with van der Waals surface area (Å²) in [4.78, 5) is 16.2. The van der Waals surface area contributed by atoms with E-state index >= 15 is 0 Å². The SMILES string of the molecule is CCOC(=O)c1nc(/C(=C\C=C\c2ccccc2)S(=O)(=O)c2ccccc2)oc1C. The van der Waals surface area contributed by atoms with Crippen molar-refractivity contribution in [3.8, 4) is 0 Å². The number of hydrogen-bond acceptors (Lipinski definition) is 6. The molecule has 0 bridgehead atoms. The van der Waals surface area contributed by atoms with Crippen molar-refractivity contribution < 1.29 is 22.4 Å². The van der Waals surface area contributed by atoms with Crippen molar-refractivity contribution in [3.05, 3.63) is 95.7 Å². The van der Waals surface area contributed by atoms with E-state index in [1.54, 1.807) is 37.3 Å². The van der Waals surface area contributed by atoms with Gasteiger partial charge in [0.2, 0.25) is 15.7 Å². The Morgan fingerprint density at radius 1 is 1.07 bits per heavy atom. The number of benzene rings is 2. The number of aromatic nitrogens is 1. The summed E-state index contributed by atoms with van der Waals surface area (Å²) in [5.41, 5.74) is 0.856. The number of rotatable bonds is 7. The van der Waals surface area contributed by atoms with Gasteiger partial charge in [-0.05, 0) is 37.6 Å². The molecule has 0 amide bonds. The molecule has 0 saturated carbocycles. The first-order chi connectivity index (χ1) is 14.4. The highest BCUT2D eigenvalue weighted by Gasteiger charge is 2.28. The van der Waals surface area contributed by atoms with Crippen LogP contribution < -0.4 is 0 Å². The number of ether oxygens (including phenoxy) is 1. The third-order valence-corrected chi connectivity index (χ3v) is 5.94. The van der Waals surface area contributed by atoms with Crippen LogP contribution >= 0.6 is 0 Å². The molecule has 0 aliphatic rings. The molecule has 0 aliphatic carbocycles. The van der Waals surface area contributed by atoms with Crippen LogP contribution in [-0.4, -0.2) is 26.0 Å². The molecule has 7 heteroatoms. The van der Waals surface area contributed by atoms with Gasteiger partial charge >= 0.3 is 5.97 Å². The second-order valence-corrected chi connectivity index (χ2v) is 8.18. The van der Waals surface area contributed by atoms with Crippen LogP contribution in [0.1, 0.15) is 34.6 Å². The maximum Gasteiger partial charge on any atom is 0.360 e. The van der Waals surface area contributed by atoms with E-state index in [4.69, 9.17) is 9.15 Å². The summed E-state index contributed by atoms with van der Waals surface area (Å²) in [5, 5.41) is 0. The lowest BCUT2D eigenvalue weighted by molar-refractivity contribution is 0.0518. The smallest absolute Gasteiger partial charge is 0.360 e. The summed E-state index contributed by atoms with van der Waals surface area (Å²) in [7, 11) is -3.95. The topological polar surface area (TPSA) is 86.5 Å². The lowest BCUT2D eigenvalue weighted by atomic mass is 10.2. The van der Waals surface area contributed by atoms with E-state index in [2.05, 4.69) is 4.98 Å². The minimum Gasteiger partial charge on any atom is -0.461 e. The predicted molar refractivity (Wildman–Crippen MR) is 114 cm³/mol. The van der Waals surface area contributed by atoms with Crippen LogP contribution in [0.5, 0.6) is 0 Å². The van der Waals surface area contributed by atoms with E-state index in [0.29, 0.717) is 0 Å². The number of esters is 1. The van der Waals surface area contributed by atoms with Gasteiger partial charge in [-0.3, -0.25) is 0 Å². The van der Waals surface area contributed by atoms with Crippen molar-refractivity contribution in [2.24, 2.45) is 0 Å². The maximum absolute atomic E-state index is 13.3. The zero-order valence-electron chi connectivity index (χ0n) is 16.6. The Labute approximate surface area is 175 Å². The van der Waals surface area contributed by atoms with Gasteiger partial charge in [0, 0.05) is 0 Å². The largest absolute Gasteiger partial charge is 0.461 e. The Morgan fingerprint density at radius 3 is 2.33 bits per heavy atom. The molecular weight excluding hydrogens is 402 g/mol. The zero-order chi connectivity index (χ0) is 21.6. The Balaban J connectivity index is 2.09. The Kier molecular flexibility index (Phi) is 6.64. The van der Waals surface area contributed by atoms with Gasteiger partial charge in [-0.15, -0.1) is 0 Å². The van der Waals surface area contributed by atoms with Crippen LogP contribution in [0.2, 0.25) is 0 Å². The molecule has 0 N–H and O–H groups in total. The number of carbonyl (C=O) groups is 1. The van der Waals surface area contributed by atoms with Crippen molar-refractivity contribution in [1.29, 1.82) is 0 Å². The van der Waals surface area contributed by atoms with E-state index in [1.165, 1.54) is 25.1 Å². The van der Waals surface area contributed by atoms with E-state index < -0.39 is 15.8 Å². The molecule has 30 heavy (non-hydrogen) atoms. The van der Waals surface area contributed by atoms with Crippen molar-refractivity contribution in [2.75, 3.05) is 6.61 Å². The summed E-state index contributed by atoms with van der Waals surface area (Å²) >= 11 is 0. The van der Waals surface area contributed by atoms with Crippen LogP contribution in [0.3, 0.4) is 0 Å². The van der Waals surface area contributed by atoms with Gasteiger partial charge in [0.05, 0.1) is 11.5 Å². The number of aryl methyl sites for hydroxylation is 1. The minimum absolute atomic E-state index is 0.0481. The quantitative estimate of drug-likeness (QED) is 0.405. The molecule has 0 saturated heterocycles. The summed E-state index contributed by atoms with van der Waals surface area (Å²) < 4.78 is 37.1. The molecule has 1 aromatic heterocycles. The monoisotopic (exact) mass is 423 g/mol. The molecule has 0 radical (unpaired) electrons. The zero-order valence-corrected chi connectivity index (χ0v) is 17.4. The van der Waals surface area contributed by atoms with E-state index in [-0.39, 0.29) is 33.8 Å². The molecule has 2 aromatic carbocycles. The lowest BCUT2D eigenvalue weighted by Gasteiger charge is -2.05. The summed E-state index contributed by atoms with van der Waals surface area (Å²) in [5.74, 6) is -0.650. The molecule has 154 valence electrons. The average molecular weight is 423 g/mol. The molecular formula is C23H21NO5S. The van der Waals surface area contributed by atoms with Crippen LogP contribution in [-0.2, 0) is 14.6 Å². The highest BCUT2D eigenvalue weighted by Crippen LogP contribution is 2.29. The molecule has 0 unspecified atom stereocenters.